The second kappa shape index (κ2) is 4.15. The third-order valence-electron chi connectivity index (χ3n) is 1.96. The van der Waals surface area contributed by atoms with Gasteiger partial charge in [-0.25, -0.2) is 4.79 Å². The first-order valence-electron chi connectivity index (χ1n) is 3.92. The molecule has 1 N–H and O–H groups in total. The molecule has 0 radical (unpaired) electrons. The summed E-state index contributed by atoms with van der Waals surface area (Å²) >= 11 is 1.44. The van der Waals surface area contributed by atoms with E-state index in [0.29, 0.717) is 0 Å². The monoisotopic (exact) mass is 340 g/mol. The molecule has 0 aromatic rings. The van der Waals surface area contributed by atoms with Crippen molar-refractivity contribution in [2.24, 2.45) is 0 Å². The van der Waals surface area contributed by atoms with Gasteiger partial charge >= 0.3 is 5.97 Å². The van der Waals surface area contributed by atoms with Gasteiger partial charge in [-0.2, -0.15) is 0 Å². The number of carbonyl (C=O) groups is 1. The van der Waals surface area contributed by atoms with Gasteiger partial charge in [-0.1, -0.05) is 6.08 Å². The van der Waals surface area contributed by atoms with E-state index in [1.165, 1.54) is 22.6 Å². The zero-order valence-corrected chi connectivity index (χ0v) is 9.78. The van der Waals surface area contributed by atoms with Crippen LogP contribution in [0.4, 0.5) is 0 Å². The molecule has 0 aliphatic heterocycles. The second-order valence-corrected chi connectivity index (χ2v) is 4.86. The van der Waals surface area contributed by atoms with Crippen molar-refractivity contribution in [3.63, 3.8) is 0 Å². The minimum Gasteiger partial charge on any atom is -0.477 e. The zero-order chi connectivity index (χ0) is 12.5. The van der Waals surface area contributed by atoms with Gasteiger partial charge in [0.2, 0.25) is 0 Å². The van der Waals surface area contributed by atoms with E-state index in [0.717, 1.165) is 12.2 Å². The Balaban J connectivity index is 3.24. The first-order valence-corrected chi connectivity index (χ1v) is 5.00. The van der Waals surface area contributed by atoms with Crippen molar-refractivity contribution >= 4 is 28.6 Å². The molecule has 0 amide bonds. The number of nitro groups is 2. The molecule has 1 rings (SSSR count). The number of nitrogens with zero attached hydrogens (tertiary/aromatic N) is 2. The first kappa shape index (κ1) is 12.5. The van der Waals surface area contributed by atoms with E-state index < -0.39 is 30.6 Å². The van der Waals surface area contributed by atoms with E-state index >= 15 is 0 Å². The maximum Gasteiger partial charge on any atom is 0.342 e. The molecule has 16 heavy (non-hydrogen) atoms. The van der Waals surface area contributed by atoms with Gasteiger partial charge in [-0.05, 0) is 0 Å². The molecule has 0 bridgehead atoms. The first-order chi connectivity index (χ1) is 7.28. The van der Waals surface area contributed by atoms with Gasteiger partial charge < -0.3 is 5.11 Å². The molecule has 0 fully saturated rings. The van der Waals surface area contributed by atoms with Gasteiger partial charge in [0.15, 0.2) is 0 Å². The molecule has 0 unspecified atom stereocenters. The fourth-order valence-corrected chi connectivity index (χ4v) is 1.69. The number of carboxylic acid groups (broad SMARTS) is 1. The van der Waals surface area contributed by atoms with Gasteiger partial charge in [0, 0.05) is 27.5 Å². The third kappa shape index (κ3) is 2.18. The lowest BCUT2D eigenvalue weighted by Crippen LogP contribution is -2.32. The van der Waals surface area contributed by atoms with Crippen molar-refractivity contribution in [3.8, 4) is 0 Å². The summed E-state index contributed by atoms with van der Waals surface area (Å²) in [6.07, 6.45) is 1.56. The Morgan fingerprint density at radius 3 is 2.44 bits per heavy atom. The van der Waals surface area contributed by atoms with Gasteiger partial charge in [0.1, 0.15) is 5.57 Å². The summed E-state index contributed by atoms with van der Waals surface area (Å²) in [5, 5.41) is 29.9. The standard InChI is InChI=1S/C7H5IN2O6/c8-7(10(15)16)2-1-4(6(11)12)5(3-7)9(13)14/h1,3H,2H2,(H,11,12)/t7-/m1/s1. The Kier molecular flexibility index (Phi) is 3.26. The molecule has 1 aliphatic rings. The van der Waals surface area contributed by atoms with Crippen LogP contribution in [-0.4, -0.2) is 24.5 Å². The quantitative estimate of drug-likeness (QED) is 0.268. The molecule has 1 aliphatic carbocycles. The molecular weight excluding hydrogens is 335 g/mol. The zero-order valence-electron chi connectivity index (χ0n) is 7.62. The number of alkyl halides is 1. The van der Waals surface area contributed by atoms with E-state index in [1.807, 2.05) is 0 Å². The number of carboxylic acids is 1. The van der Waals surface area contributed by atoms with E-state index in [1.54, 1.807) is 0 Å². The van der Waals surface area contributed by atoms with Crippen LogP contribution in [0.3, 0.4) is 0 Å². The number of rotatable bonds is 3. The minimum absolute atomic E-state index is 0.195. The lowest BCUT2D eigenvalue weighted by Gasteiger charge is -2.16. The molecule has 0 aromatic heterocycles. The van der Waals surface area contributed by atoms with Crippen LogP contribution in [0.1, 0.15) is 6.42 Å². The fourth-order valence-electron chi connectivity index (χ4n) is 1.17. The third-order valence-corrected chi connectivity index (χ3v) is 3.10. The van der Waals surface area contributed by atoms with Crippen LogP contribution in [0.15, 0.2) is 23.4 Å². The molecular formula is C7H5IN2O6. The maximum absolute atomic E-state index is 10.7. The SMILES string of the molecule is O=C(O)C1=CC[C@@](I)([N+](=O)[O-])C=C1[N+](=O)[O-]. The van der Waals surface area contributed by atoms with Gasteiger partial charge in [-0.3, -0.25) is 20.2 Å². The predicted molar refractivity (Wildman–Crippen MR) is 59.2 cm³/mol. The van der Waals surface area contributed by atoms with Crippen molar-refractivity contribution in [2.75, 3.05) is 0 Å². The summed E-state index contributed by atoms with van der Waals surface area (Å²) in [6.45, 7) is 0. The number of hydrogen-bond acceptors (Lipinski definition) is 5. The molecule has 0 aromatic carbocycles. The second-order valence-electron chi connectivity index (χ2n) is 2.99. The van der Waals surface area contributed by atoms with Gasteiger partial charge in [0.05, 0.1) is 17.4 Å². The van der Waals surface area contributed by atoms with Gasteiger partial charge in [0.25, 0.3) is 9.24 Å². The molecule has 0 heterocycles. The Morgan fingerprint density at radius 1 is 1.50 bits per heavy atom. The van der Waals surface area contributed by atoms with Crippen molar-refractivity contribution in [1.82, 2.24) is 0 Å². The summed E-state index contributed by atoms with van der Waals surface area (Å²) in [5.41, 5.74) is -1.26. The molecule has 0 saturated heterocycles. The highest BCUT2D eigenvalue weighted by Gasteiger charge is 2.44. The van der Waals surface area contributed by atoms with E-state index in [9.17, 15) is 25.0 Å². The van der Waals surface area contributed by atoms with E-state index in [4.69, 9.17) is 5.11 Å². The number of hydrogen-bond donors (Lipinski definition) is 1. The van der Waals surface area contributed by atoms with Crippen LogP contribution in [-0.2, 0) is 4.79 Å². The highest BCUT2D eigenvalue weighted by atomic mass is 127. The van der Waals surface area contributed by atoms with Crippen LogP contribution < -0.4 is 0 Å². The topological polar surface area (TPSA) is 124 Å². The molecule has 9 heteroatoms. The molecule has 0 spiro atoms. The summed E-state index contributed by atoms with van der Waals surface area (Å²) in [6, 6.07) is 0. The number of halogens is 1. The Bertz CT molecular complexity index is 442. The highest BCUT2D eigenvalue weighted by molar-refractivity contribution is 14.1. The fraction of sp³-hybridized carbons (Fsp3) is 0.286. The minimum atomic E-state index is -1.65. The normalized spacial score (nSPS) is 24.3. The Labute approximate surface area is 102 Å². The molecule has 0 saturated carbocycles. The van der Waals surface area contributed by atoms with Gasteiger partial charge in [-0.15, -0.1) is 0 Å². The Hall–Kier alpha value is -1.52. The van der Waals surface area contributed by atoms with Crippen LogP contribution in [0.2, 0.25) is 0 Å². The smallest absolute Gasteiger partial charge is 0.342 e. The van der Waals surface area contributed by atoms with Crippen LogP contribution >= 0.6 is 22.6 Å². The van der Waals surface area contributed by atoms with Crippen molar-refractivity contribution in [1.29, 1.82) is 0 Å². The van der Waals surface area contributed by atoms with E-state index in [-0.39, 0.29) is 6.42 Å². The lowest BCUT2D eigenvalue weighted by molar-refractivity contribution is -0.519. The van der Waals surface area contributed by atoms with Crippen LogP contribution in [0.5, 0.6) is 0 Å². The summed E-state index contributed by atoms with van der Waals surface area (Å²) in [5.74, 6) is -1.47. The van der Waals surface area contributed by atoms with Crippen molar-refractivity contribution < 1.29 is 19.7 Å². The van der Waals surface area contributed by atoms with Crippen LogP contribution in [0.25, 0.3) is 0 Å². The molecule has 8 nitrogen and oxygen atoms in total. The highest BCUT2D eigenvalue weighted by Crippen LogP contribution is 2.34. The summed E-state index contributed by atoms with van der Waals surface area (Å²) in [7, 11) is 0. The van der Waals surface area contributed by atoms with Crippen LogP contribution in [0, 0.1) is 20.2 Å². The molecule has 86 valence electrons. The molecule has 1 atom stereocenters. The predicted octanol–water partition coefficient (Wildman–Crippen LogP) is 0.970. The Morgan fingerprint density at radius 2 is 2.06 bits per heavy atom. The number of aliphatic carboxylic acids is 1. The van der Waals surface area contributed by atoms with Crippen molar-refractivity contribution in [2.45, 2.75) is 9.97 Å². The maximum atomic E-state index is 10.7. The largest absolute Gasteiger partial charge is 0.477 e. The summed E-state index contributed by atoms with van der Waals surface area (Å²) < 4.78 is -1.65. The van der Waals surface area contributed by atoms with Crippen molar-refractivity contribution in [3.05, 3.63) is 43.7 Å². The lowest BCUT2D eigenvalue weighted by atomic mass is 10.0. The average molecular weight is 340 g/mol. The average Bonchev–Trinajstić information content (AvgIpc) is 2.16. The summed E-state index contributed by atoms with van der Waals surface area (Å²) in [4.78, 5) is 30.3. The van der Waals surface area contributed by atoms with E-state index in [2.05, 4.69) is 0 Å².